The molecular formula is C14H21N. The monoisotopic (exact) mass is 203 g/mol. The molecule has 82 valence electrons. The van der Waals surface area contributed by atoms with E-state index in [-0.39, 0.29) is 5.54 Å². The quantitative estimate of drug-likeness (QED) is 0.802. The summed E-state index contributed by atoms with van der Waals surface area (Å²) in [5.41, 5.74) is 7.91. The molecule has 0 saturated heterocycles. The maximum Gasteiger partial charge on any atom is 0.0197 e. The fourth-order valence-corrected chi connectivity index (χ4v) is 2.78. The van der Waals surface area contributed by atoms with Gasteiger partial charge in [-0.15, -0.1) is 0 Å². The molecule has 0 radical (unpaired) electrons. The van der Waals surface area contributed by atoms with Crippen molar-refractivity contribution in [2.45, 2.75) is 44.6 Å². The van der Waals surface area contributed by atoms with Gasteiger partial charge in [0.15, 0.2) is 0 Å². The number of hydrogen-bond donors (Lipinski definition) is 1. The Labute approximate surface area is 92.7 Å². The Morgan fingerprint density at radius 1 is 1.33 bits per heavy atom. The van der Waals surface area contributed by atoms with Gasteiger partial charge in [0.25, 0.3) is 0 Å². The van der Waals surface area contributed by atoms with Gasteiger partial charge in [-0.25, -0.2) is 0 Å². The fourth-order valence-electron chi connectivity index (χ4n) is 2.78. The molecule has 1 aliphatic rings. The highest BCUT2D eigenvalue weighted by molar-refractivity contribution is 5.18. The van der Waals surface area contributed by atoms with Crippen LogP contribution in [0.25, 0.3) is 0 Å². The van der Waals surface area contributed by atoms with Crippen molar-refractivity contribution in [3.05, 3.63) is 35.9 Å². The molecule has 1 aromatic carbocycles. The zero-order chi connectivity index (χ0) is 10.7. The summed E-state index contributed by atoms with van der Waals surface area (Å²) < 4.78 is 0. The van der Waals surface area contributed by atoms with Gasteiger partial charge in [-0.2, -0.15) is 0 Å². The van der Waals surface area contributed by atoms with Gasteiger partial charge in [-0.05, 0) is 37.2 Å². The molecule has 1 nitrogen and oxygen atoms in total. The van der Waals surface area contributed by atoms with Crippen LogP contribution in [0, 0.1) is 5.92 Å². The molecule has 2 atom stereocenters. The van der Waals surface area contributed by atoms with Crippen LogP contribution >= 0.6 is 0 Å². The van der Waals surface area contributed by atoms with Crippen molar-refractivity contribution in [3.63, 3.8) is 0 Å². The summed E-state index contributed by atoms with van der Waals surface area (Å²) in [4.78, 5) is 0. The standard InChI is InChI=1S/C14H21N/c1-2-12-8-9-14(15,10-12)11-13-6-4-3-5-7-13/h3-7,12H,2,8-11,15H2,1H3. The predicted molar refractivity (Wildman–Crippen MR) is 64.7 cm³/mol. The Balaban J connectivity index is 2.00. The minimum Gasteiger partial charge on any atom is -0.325 e. The molecule has 0 spiro atoms. The smallest absolute Gasteiger partial charge is 0.0197 e. The summed E-state index contributed by atoms with van der Waals surface area (Å²) in [6, 6.07) is 10.6. The van der Waals surface area contributed by atoms with Crippen LogP contribution in [0.15, 0.2) is 30.3 Å². The molecule has 1 fully saturated rings. The van der Waals surface area contributed by atoms with Gasteiger partial charge in [0.1, 0.15) is 0 Å². The molecule has 1 aromatic rings. The van der Waals surface area contributed by atoms with Crippen molar-refractivity contribution in [2.75, 3.05) is 0 Å². The second kappa shape index (κ2) is 4.36. The van der Waals surface area contributed by atoms with E-state index in [1.165, 1.54) is 31.2 Å². The largest absolute Gasteiger partial charge is 0.325 e. The third-order valence-corrected chi connectivity index (χ3v) is 3.72. The van der Waals surface area contributed by atoms with Crippen LogP contribution in [0.2, 0.25) is 0 Å². The Hall–Kier alpha value is -0.820. The van der Waals surface area contributed by atoms with E-state index in [1.54, 1.807) is 0 Å². The lowest BCUT2D eigenvalue weighted by molar-refractivity contribution is 0.407. The van der Waals surface area contributed by atoms with Crippen molar-refractivity contribution < 1.29 is 0 Å². The second-order valence-corrected chi connectivity index (χ2v) is 5.04. The third kappa shape index (κ3) is 2.60. The lowest BCUT2D eigenvalue weighted by atomic mass is 9.89. The van der Waals surface area contributed by atoms with Gasteiger partial charge in [0, 0.05) is 5.54 Å². The molecule has 0 aliphatic heterocycles. The van der Waals surface area contributed by atoms with E-state index in [9.17, 15) is 0 Å². The van der Waals surface area contributed by atoms with Gasteiger partial charge in [0.2, 0.25) is 0 Å². The van der Waals surface area contributed by atoms with Crippen LogP contribution in [0.1, 0.15) is 38.2 Å². The van der Waals surface area contributed by atoms with Gasteiger partial charge in [-0.3, -0.25) is 0 Å². The normalized spacial score (nSPS) is 30.7. The first-order valence-electron chi connectivity index (χ1n) is 6.05. The van der Waals surface area contributed by atoms with E-state index >= 15 is 0 Å². The van der Waals surface area contributed by atoms with Crippen molar-refractivity contribution in [1.82, 2.24) is 0 Å². The molecule has 0 bridgehead atoms. The predicted octanol–water partition coefficient (Wildman–Crippen LogP) is 3.14. The minimum absolute atomic E-state index is 0.0715. The van der Waals surface area contributed by atoms with Crippen LogP contribution in [-0.4, -0.2) is 5.54 Å². The highest BCUT2D eigenvalue weighted by atomic mass is 14.8. The molecule has 2 rings (SSSR count). The zero-order valence-electron chi connectivity index (χ0n) is 9.58. The third-order valence-electron chi connectivity index (χ3n) is 3.72. The summed E-state index contributed by atoms with van der Waals surface area (Å²) in [7, 11) is 0. The highest BCUT2D eigenvalue weighted by Gasteiger charge is 2.34. The van der Waals surface area contributed by atoms with Crippen molar-refractivity contribution in [1.29, 1.82) is 0 Å². The Morgan fingerprint density at radius 3 is 2.67 bits per heavy atom. The van der Waals surface area contributed by atoms with E-state index in [2.05, 4.69) is 37.3 Å². The van der Waals surface area contributed by atoms with Gasteiger partial charge < -0.3 is 5.73 Å². The first-order chi connectivity index (χ1) is 7.22. The van der Waals surface area contributed by atoms with Crippen molar-refractivity contribution >= 4 is 0 Å². The molecule has 0 amide bonds. The molecule has 15 heavy (non-hydrogen) atoms. The lowest BCUT2D eigenvalue weighted by Crippen LogP contribution is -2.39. The number of benzene rings is 1. The van der Waals surface area contributed by atoms with Gasteiger partial charge in [-0.1, -0.05) is 43.7 Å². The zero-order valence-corrected chi connectivity index (χ0v) is 9.58. The molecule has 1 saturated carbocycles. The Morgan fingerprint density at radius 2 is 2.07 bits per heavy atom. The summed E-state index contributed by atoms with van der Waals surface area (Å²) in [5.74, 6) is 0.860. The Bertz CT molecular complexity index is 306. The van der Waals surface area contributed by atoms with E-state index in [1.807, 2.05) is 0 Å². The summed E-state index contributed by atoms with van der Waals surface area (Å²) in [5, 5.41) is 0. The average Bonchev–Trinajstić information content (AvgIpc) is 2.61. The van der Waals surface area contributed by atoms with E-state index < -0.39 is 0 Å². The molecule has 0 heterocycles. The van der Waals surface area contributed by atoms with E-state index in [0.717, 1.165) is 12.3 Å². The van der Waals surface area contributed by atoms with Crippen molar-refractivity contribution in [2.24, 2.45) is 11.7 Å². The molecule has 1 aliphatic carbocycles. The van der Waals surface area contributed by atoms with Crippen LogP contribution < -0.4 is 5.73 Å². The SMILES string of the molecule is CCC1CCC(N)(Cc2ccccc2)C1. The summed E-state index contributed by atoms with van der Waals surface area (Å²) in [6.45, 7) is 2.28. The maximum absolute atomic E-state index is 6.46. The van der Waals surface area contributed by atoms with Crippen LogP contribution in [0.4, 0.5) is 0 Å². The first-order valence-corrected chi connectivity index (χ1v) is 6.05. The van der Waals surface area contributed by atoms with Crippen LogP contribution in [0.3, 0.4) is 0 Å². The molecule has 2 unspecified atom stereocenters. The van der Waals surface area contributed by atoms with Gasteiger partial charge in [0.05, 0.1) is 0 Å². The Kier molecular flexibility index (Phi) is 3.11. The fraction of sp³-hybridized carbons (Fsp3) is 0.571. The maximum atomic E-state index is 6.46. The average molecular weight is 203 g/mol. The van der Waals surface area contributed by atoms with E-state index in [4.69, 9.17) is 5.73 Å². The van der Waals surface area contributed by atoms with E-state index in [0.29, 0.717) is 0 Å². The minimum atomic E-state index is 0.0715. The topological polar surface area (TPSA) is 26.0 Å². The summed E-state index contributed by atoms with van der Waals surface area (Å²) in [6.07, 6.45) is 6.05. The molecule has 1 heteroatoms. The number of hydrogen-bond acceptors (Lipinski definition) is 1. The lowest BCUT2D eigenvalue weighted by Gasteiger charge is -2.24. The number of rotatable bonds is 3. The number of nitrogens with two attached hydrogens (primary N) is 1. The summed E-state index contributed by atoms with van der Waals surface area (Å²) >= 11 is 0. The van der Waals surface area contributed by atoms with Crippen LogP contribution in [-0.2, 0) is 6.42 Å². The van der Waals surface area contributed by atoms with Gasteiger partial charge >= 0.3 is 0 Å². The molecular weight excluding hydrogens is 182 g/mol. The highest BCUT2D eigenvalue weighted by Crippen LogP contribution is 2.36. The second-order valence-electron chi connectivity index (χ2n) is 5.04. The van der Waals surface area contributed by atoms with Crippen molar-refractivity contribution in [3.8, 4) is 0 Å². The van der Waals surface area contributed by atoms with Crippen LogP contribution in [0.5, 0.6) is 0 Å². The first kappa shape index (κ1) is 10.7. The molecule has 0 aromatic heterocycles. The molecule has 2 N–H and O–H groups in total.